The molecule has 0 aliphatic heterocycles. The van der Waals surface area contributed by atoms with Gasteiger partial charge in [0.25, 0.3) is 0 Å². The molecule has 0 radical (unpaired) electrons. The van der Waals surface area contributed by atoms with E-state index in [2.05, 4.69) is 74.6 Å². The third kappa shape index (κ3) is 39.2. The van der Waals surface area contributed by atoms with Gasteiger partial charge in [-0.25, -0.2) is 4.57 Å². The van der Waals surface area contributed by atoms with Gasteiger partial charge in [0.2, 0.25) is 0 Å². The van der Waals surface area contributed by atoms with E-state index in [-0.39, 0.29) is 26.1 Å². The molecule has 306 valence electrons. The van der Waals surface area contributed by atoms with Crippen LogP contribution in [0.15, 0.2) is 60.8 Å². The number of allylic oxidation sites excluding steroid dienone is 10. The van der Waals surface area contributed by atoms with Crippen molar-refractivity contribution in [2.24, 2.45) is 0 Å². The first-order valence-corrected chi connectivity index (χ1v) is 22.0. The quantitative estimate of drug-likeness (QED) is 0.0221. The second-order valence-electron chi connectivity index (χ2n) is 14.6. The van der Waals surface area contributed by atoms with Crippen LogP contribution in [0.3, 0.4) is 0 Å². The second-order valence-corrected chi connectivity index (χ2v) is 16.1. The molecule has 9 nitrogen and oxygen atoms in total. The highest BCUT2D eigenvalue weighted by Gasteiger charge is 2.27. The Morgan fingerprint density at radius 3 is 1.58 bits per heavy atom. The van der Waals surface area contributed by atoms with Crippen LogP contribution in [-0.4, -0.2) is 74.9 Å². The minimum atomic E-state index is -4.38. The lowest BCUT2D eigenvalue weighted by molar-refractivity contribution is -0.870. The maximum absolute atomic E-state index is 12.6. The van der Waals surface area contributed by atoms with Crippen molar-refractivity contribution in [3.63, 3.8) is 0 Å². The number of nitrogens with zero attached hydrogens (tertiary/aromatic N) is 1. The van der Waals surface area contributed by atoms with Crippen molar-refractivity contribution in [2.45, 2.75) is 155 Å². The zero-order chi connectivity index (χ0) is 39.3. The minimum absolute atomic E-state index is 0.0214. The fourth-order valence-corrected chi connectivity index (χ4v) is 5.85. The van der Waals surface area contributed by atoms with Crippen LogP contribution in [0, 0.1) is 0 Å². The van der Waals surface area contributed by atoms with E-state index in [1.165, 1.54) is 51.4 Å². The molecule has 0 amide bonds. The Labute approximate surface area is 324 Å². The van der Waals surface area contributed by atoms with Crippen molar-refractivity contribution in [2.75, 3.05) is 47.5 Å². The van der Waals surface area contributed by atoms with Gasteiger partial charge in [0.05, 0.1) is 27.7 Å². The standard InChI is InChI=1S/C43H76NO8P/c1-6-8-10-12-14-16-18-20-21-22-23-24-26-27-29-31-33-35-42(45)49-39-41(40-51-53(47,48)50-38-37-44(3,4)5)52-43(46)36-34-32-30-28-25-19-17-15-13-11-9-7-2/h8,10,14,16,20-21,23-24,27,29,41H,6-7,9,11-13,15,17-19,22,25-26,28,30-40H2,1-5H3/p+1/b10-8-,16-14-,21-20-,24-23-,29-27-/t41-/m1/s1. The number of unbranched alkanes of at least 4 members (excludes halogenated alkanes) is 12. The first-order chi connectivity index (χ1) is 25.5. The van der Waals surface area contributed by atoms with Gasteiger partial charge in [0.15, 0.2) is 6.10 Å². The van der Waals surface area contributed by atoms with Gasteiger partial charge in [-0.15, -0.1) is 0 Å². The Bertz CT molecular complexity index is 1090. The number of carbonyl (C=O) groups is 2. The highest BCUT2D eigenvalue weighted by atomic mass is 31.2. The molecule has 0 heterocycles. The first kappa shape index (κ1) is 50.7. The van der Waals surface area contributed by atoms with E-state index in [9.17, 15) is 19.0 Å². The summed E-state index contributed by atoms with van der Waals surface area (Å²) in [7, 11) is 1.44. The highest BCUT2D eigenvalue weighted by Crippen LogP contribution is 2.43. The van der Waals surface area contributed by atoms with Crippen LogP contribution in [0.25, 0.3) is 0 Å². The van der Waals surface area contributed by atoms with E-state index in [0.29, 0.717) is 23.9 Å². The predicted octanol–water partition coefficient (Wildman–Crippen LogP) is 11.3. The molecule has 0 bridgehead atoms. The number of likely N-dealkylation sites (N-methyl/N-ethyl adjacent to an activating group) is 1. The number of ether oxygens (including phenoxy) is 2. The fourth-order valence-electron chi connectivity index (χ4n) is 5.11. The summed E-state index contributed by atoms with van der Waals surface area (Å²) in [5.74, 6) is -0.871. The van der Waals surface area contributed by atoms with Gasteiger partial charge in [-0.05, 0) is 51.4 Å². The molecule has 0 aromatic heterocycles. The number of esters is 2. The van der Waals surface area contributed by atoms with Crippen LogP contribution in [0.1, 0.15) is 149 Å². The van der Waals surface area contributed by atoms with Gasteiger partial charge < -0.3 is 18.9 Å². The molecule has 0 aromatic carbocycles. The van der Waals surface area contributed by atoms with E-state index in [4.69, 9.17) is 18.5 Å². The molecule has 53 heavy (non-hydrogen) atoms. The van der Waals surface area contributed by atoms with Crippen molar-refractivity contribution in [3.8, 4) is 0 Å². The molecule has 2 atom stereocenters. The number of carbonyl (C=O) groups excluding carboxylic acids is 2. The lowest BCUT2D eigenvalue weighted by atomic mass is 10.0. The van der Waals surface area contributed by atoms with E-state index in [1.54, 1.807) is 0 Å². The smallest absolute Gasteiger partial charge is 0.462 e. The van der Waals surface area contributed by atoms with Crippen molar-refractivity contribution >= 4 is 19.8 Å². The number of phosphoric ester groups is 1. The van der Waals surface area contributed by atoms with Crippen molar-refractivity contribution < 1.29 is 42.1 Å². The molecular weight excluding hydrogens is 689 g/mol. The Hall–Kier alpha value is -2.29. The van der Waals surface area contributed by atoms with Crippen molar-refractivity contribution in [3.05, 3.63) is 60.8 Å². The normalized spacial score (nSPS) is 14.3. The zero-order valence-corrected chi connectivity index (χ0v) is 35.1. The van der Waals surface area contributed by atoms with Gasteiger partial charge in [0.1, 0.15) is 19.8 Å². The molecule has 0 aliphatic rings. The molecule has 0 saturated heterocycles. The number of quaternary nitrogens is 1. The predicted molar refractivity (Wildman–Crippen MR) is 219 cm³/mol. The molecule has 0 fully saturated rings. The maximum Gasteiger partial charge on any atom is 0.472 e. The first-order valence-electron chi connectivity index (χ1n) is 20.5. The Kier molecular flexibility index (Phi) is 33.9. The lowest BCUT2D eigenvalue weighted by Gasteiger charge is -2.24. The zero-order valence-electron chi connectivity index (χ0n) is 34.2. The number of hydrogen-bond acceptors (Lipinski definition) is 7. The van der Waals surface area contributed by atoms with Gasteiger partial charge in [-0.3, -0.25) is 18.6 Å². The number of phosphoric acid groups is 1. The SMILES string of the molecule is CC/C=C\C/C=C\C/C=C\C/C=C\C/C=C\CCCC(=O)OC[C@H](COP(=O)(O)OCC[N+](C)(C)C)OC(=O)CCCCCCCCCCCCCC. The lowest BCUT2D eigenvalue weighted by Crippen LogP contribution is -2.37. The maximum atomic E-state index is 12.6. The molecule has 0 aliphatic carbocycles. The average Bonchev–Trinajstić information content (AvgIpc) is 3.10. The van der Waals surface area contributed by atoms with E-state index >= 15 is 0 Å². The summed E-state index contributed by atoms with van der Waals surface area (Å²) < 4.78 is 34.1. The van der Waals surface area contributed by atoms with E-state index in [0.717, 1.165) is 57.8 Å². The summed E-state index contributed by atoms with van der Waals surface area (Å²) in [5.41, 5.74) is 0. The Morgan fingerprint density at radius 1 is 0.604 bits per heavy atom. The fraction of sp³-hybridized carbons (Fsp3) is 0.721. The molecule has 1 unspecified atom stereocenters. The average molecular weight is 767 g/mol. The van der Waals surface area contributed by atoms with Crippen LogP contribution in [0.5, 0.6) is 0 Å². The molecule has 0 saturated carbocycles. The summed E-state index contributed by atoms with van der Waals surface area (Å²) in [6, 6.07) is 0. The molecular formula is C43H77NO8P+. The van der Waals surface area contributed by atoms with E-state index < -0.39 is 32.5 Å². The summed E-state index contributed by atoms with van der Waals surface area (Å²) in [5, 5.41) is 0. The van der Waals surface area contributed by atoms with Crippen LogP contribution in [0.2, 0.25) is 0 Å². The summed E-state index contributed by atoms with van der Waals surface area (Å²) in [6.45, 7) is 4.22. The third-order valence-electron chi connectivity index (χ3n) is 8.31. The van der Waals surface area contributed by atoms with Gasteiger partial charge >= 0.3 is 19.8 Å². The largest absolute Gasteiger partial charge is 0.472 e. The Balaban J connectivity index is 4.50. The van der Waals surface area contributed by atoms with Gasteiger partial charge in [0, 0.05) is 12.8 Å². The Morgan fingerprint density at radius 2 is 1.08 bits per heavy atom. The molecule has 0 aromatic rings. The monoisotopic (exact) mass is 767 g/mol. The third-order valence-corrected chi connectivity index (χ3v) is 9.30. The van der Waals surface area contributed by atoms with Crippen LogP contribution in [-0.2, 0) is 32.7 Å². The minimum Gasteiger partial charge on any atom is -0.462 e. The topological polar surface area (TPSA) is 108 Å². The second kappa shape index (κ2) is 35.4. The number of rotatable bonds is 36. The van der Waals surface area contributed by atoms with Gasteiger partial charge in [-0.1, -0.05) is 145 Å². The van der Waals surface area contributed by atoms with Crippen molar-refractivity contribution in [1.82, 2.24) is 0 Å². The summed E-state index contributed by atoms with van der Waals surface area (Å²) >= 11 is 0. The van der Waals surface area contributed by atoms with Crippen molar-refractivity contribution in [1.29, 1.82) is 0 Å². The molecule has 0 spiro atoms. The van der Waals surface area contributed by atoms with Crippen LogP contribution >= 0.6 is 7.82 Å². The summed E-state index contributed by atoms with van der Waals surface area (Å²) in [6.07, 6.45) is 41.3. The van der Waals surface area contributed by atoms with E-state index in [1.807, 2.05) is 21.1 Å². The molecule has 0 rings (SSSR count). The highest BCUT2D eigenvalue weighted by molar-refractivity contribution is 7.47. The molecule has 10 heteroatoms. The number of hydrogen-bond donors (Lipinski definition) is 1. The summed E-state index contributed by atoms with van der Waals surface area (Å²) in [4.78, 5) is 35.2. The van der Waals surface area contributed by atoms with Crippen LogP contribution in [0.4, 0.5) is 0 Å². The van der Waals surface area contributed by atoms with Gasteiger partial charge in [-0.2, -0.15) is 0 Å². The molecule has 1 N–H and O–H groups in total. The van der Waals surface area contributed by atoms with Crippen LogP contribution < -0.4 is 0 Å².